The zero-order valence-electron chi connectivity index (χ0n) is 14.7. The lowest BCUT2D eigenvalue weighted by Gasteiger charge is -2.07. The highest BCUT2D eigenvalue weighted by Crippen LogP contribution is 2.27. The number of anilines is 1. The summed E-state index contributed by atoms with van der Waals surface area (Å²) in [4.78, 5) is 22.6. The average Bonchev–Trinajstić information content (AvgIpc) is 3.17. The van der Waals surface area contributed by atoms with Crippen molar-refractivity contribution in [2.24, 2.45) is 0 Å². The zero-order chi connectivity index (χ0) is 20.1. The second-order valence-corrected chi connectivity index (χ2v) is 5.97. The van der Waals surface area contributed by atoms with Crippen LogP contribution < -0.4 is 14.8 Å². The summed E-state index contributed by atoms with van der Waals surface area (Å²) >= 11 is 5.98. The van der Waals surface area contributed by atoms with Gasteiger partial charge < -0.3 is 14.8 Å². The molecule has 0 bridgehead atoms. The van der Waals surface area contributed by atoms with Crippen LogP contribution in [0.1, 0.15) is 10.5 Å². The Labute approximate surface area is 164 Å². The number of carbonyl (C=O) groups excluding carboxylic acids is 1. The fraction of sp³-hybridized carbons (Fsp3) is 0.111. The van der Waals surface area contributed by atoms with Gasteiger partial charge in [-0.2, -0.15) is 5.10 Å². The number of nitro groups is 1. The Bertz CT molecular complexity index is 1000. The van der Waals surface area contributed by atoms with Gasteiger partial charge in [0.1, 0.15) is 11.5 Å². The smallest absolute Gasteiger partial charge is 0.276 e. The van der Waals surface area contributed by atoms with E-state index >= 15 is 0 Å². The molecule has 3 aromatic rings. The van der Waals surface area contributed by atoms with Gasteiger partial charge in [0.15, 0.2) is 12.4 Å². The van der Waals surface area contributed by atoms with E-state index in [9.17, 15) is 14.9 Å². The number of non-ortho nitro benzene ring substituents is 1. The van der Waals surface area contributed by atoms with Crippen LogP contribution >= 0.6 is 11.6 Å². The number of hydrogen-bond donors (Lipinski definition) is 1. The lowest BCUT2D eigenvalue weighted by atomic mass is 10.2. The number of ether oxygens (including phenoxy) is 2. The molecule has 9 nitrogen and oxygen atoms in total. The van der Waals surface area contributed by atoms with E-state index in [2.05, 4.69) is 10.4 Å². The van der Waals surface area contributed by atoms with Gasteiger partial charge in [-0.05, 0) is 36.4 Å². The van der Waals surface area contributed by atoms with E-state index < -0.39 is 10.8 Å². The number of nitrogens with one attached hydrogen (secondary N) is 1. The van der Waals surface area contributed by atoms with Crippen LogP contribution in [-0.2, 0) is 6.73 Å². The van der Waals surface area contributed by atoms with E-state index in [4.69, 9.17) is 21.1 Å². The maximum atomic E-state index is 12.3. The van der Waals surface area contributed by atoms with Gasteiger partial charge in [-0.3, -0.25) is 14.9 Å². The quantitative estimate of drug-likeness (QED) is 0.476. The van der Waals surface area contributed by atoms with Crippen LogP contribution in [-0.4, -0.2) is 27.7 Å². The molecule has 2 aromatic carbocycles. The molecule has 0 aliphatic rings. The average molecular weight is 403 g/mol. The van der Waals surface area contributed by atoms with Crippen molar-refractivity contribution < 1.29 is 19.2 Å². The first-order valence-electron chi connectivity index (χ1n) is 8.02. The van der Waals surface area contributed by atoms with Crippen molar-refractivity contribution in [1.82, 2.24) is 9.78 Å². The van der Waals surface area contributed by atoms with Crippen LogP contribution in [0.4, 0.5) is 11.4 Å². The number of aromatic nitrogens is 2. The molecule has 3 rings (SSSR count). The van der Waals surface area contributed by atoms with Crippen molar-refractivity contribution in [3.8, 4) is 11.5 Å². The van der Waals surface area contributed by atoms with Crippen molar-refractivity contribution in [3.63, 3.8) is 0 Å². The number of nitrogens with zero attached hydrogens (tertiary/aromatic N) is 3. The van der Waals surface area contributed by atoms with Crippen molar-refractivity contribution in [3.05, 3.63) is 75.6 Å². The summed E-state index contributed by atoms with van der Waals surface area (Å²) in [6.45, 7) is 0.0944. The third-order valence-corrected chi connectivity index (χ3v) is 4.03. The minimum absolute atomic E-state index is 0.0944. The Balaban J connectivity index is 1.63. The molecule has 1 aromatic heterocycles. The molecule has 0 saturated heterocycles. The largest absolute Gasteiger partial charge is 0.497 e. The third-order valence-electron chi connectivity index (χ3n) is 3.71. The second kappa shape index (κ2) is 8.40. The molecule has 0 fully saturated rings. The van der Waals surface area contributed by atoms with Crippen LogP contribution in [0.3, 0.4) is 0 Å². The summed E-state index contributed by atoms with van der Waals surface area (Å²) in [7, 11) is 1.58. The van der Waals surface area contributed by atoms with Gasteiger partial charge in [0.05, 0.1) is 22.7 Å². The first kappa shape index (κ1) is 19.2. The summed E-state index contributed by atoms with van der Waals surface area (Å²) in [6, 6.07) is 12.3. The lowest BCUT2D eigenvalue weighted by molar-refractivity contribution is -0.384. The molecule has 0 aliphatic carbocycles. The number of hydrogen-bond acceptors (Lipinski definition) is 6. The zero-order valence-corrected chi connectivity index (χ0v) is 15.4. The number of benzene rings is 2. The highest BCUT2D eigenvalue weighted by Gasteiger charge is 2.15. The fourth-order valence-corrected chi connectivity index (χ4v) is 2.44. The minimum Gasteiger partial charge on any atom is -0.497 e. The maximum Gasteiger partial charge on any atom is 0.276 e. The predicted molar refractivity (Wildman–Crippen MR) is 102 cm³/mol. The van der Waals surface area contributed by atoms with Crippen LogP contribution in [0.5, 0.6) is 11.5 Å². The summed E-state index contributed by atoms with van der Waals surface area (Å²) in [6.07, 6.45) is 1.58. The van der Waals surface area contributed by atoms with E-state index in [1.807, 2.05) is 0 Å². The molecule has 1 N–H and O–H groups in total. The summed E-state index contributed by atoms with van der Waals surface area (Å²) in [5.41, 5.74) is 0.0592. The molecule has 10 heteroatoms. The minimum atomic E-state index is -0.572. The second-order valence-electron chi connectivity index (χ2n) is 5.56. The predicted octanol–water partition coefficient (Wildman–Crippen LogP) is 3.74. The standard InChI is InChI=1S/C18H15ClN4O5/c1-27-13-3-5-14(6-4-13)28-11-22-9-8-16(21-22)18(24)20-17-10-12(23(25)26)2-7-15(17)19/h2-10H,11H2,1H3,(H,20,24). The van der Waals surface area contributed by atoms with E-state index in [0.29, 0.717) is 11.5 Å². The molecule has 0 saturated carbocycles. The molecule has 0 atom stereocenters. The molecule has 0 radical (unpaired) electrons. The van der Waals surface area contributed by atoms with Gasteiger partial charge in [0.2, 0.25) is 0 Å². The number of amides is 1. The van der Waals surface area contributed by atoms with Gasteiger partial charge in [-0.15, -0.1) is 0 Å². The van der Waals surface area contributed by atoms with Gasteiger partial charge in [-0.1, -0.05) is 11.6 Å². The van der Waals surface area contributed by atoms with Gasteiger partial charge in [-0.25, -0.2) is 4.68 Å². The third kappa shape index (κ3) is 4.57. The van der Waals surface area contributed by atoms with Crippen LogP contribution in [0.2, 0.25) is 5.02 Å². The Kier molecular flexibility index (Phi) is 5.75. The van der Waals surface area contributed by atoms with Gasteiger partial charge in [0, 0.05) is 18.3 Å². The summed E-state index contributed by atoms with van der Waals surface area (Å²) in [5, 5.41) is 17.7. The summed E-state index contributed by atoms with van der Waals surface area (Å²) in [5.74, 6) is 0.779. The fourth-order valence-electron chi connectivity index (χ4n) is 2.28. The normalized spacial score (nSPS) is 10.4. The highest BCUT2D eigenvalue weighted by atomic mass is 35.5. The van der Waals surface area contributed by atoms with E-state index in [1.165, 1.54) is 28.9 Å². The topological polar surface area (TPSA) is 109 Å². The Morgan fingerprint density at radius 3 is 2.61 bits per heavy atom. The molecule has 1 amide bonds. The first-order chi connectivity index (χ1) is 13.5. The summed E-state index contributed by atoms with van der Waals surface area (Å²) < 4.78 is 12.1. The first-order valence-corrected chi connectivity index (χ1v) is 8.39. The Hall–Kier alpha value is -3.59. The van der Waals surface area contributed by atoms with Crippen molar-refractivity contribution in [2.75, 3.05) is 12.4 Å². The molecule has 28 heavy (non-hydrogen) atoms. The lowest BCUT2D eigenvalue weighted by Crippen LogP contribution is -2.14. The molecular formula is C18H15ClN4O5. The van der Waals surface area contributed by atoms with Gasteiger partial charge >= 0.3 is 0 Å². The van der Waals surface area contributed by atoms with Crippen LogP contribution in [0.15, 0.2) is 54.7 Å². The monoisotopic (exact) mass is 402 g/mol. The SMILES string of the molecule is COc1ccc(OCn2ccc(C(=O)Nc3cc([N+](=O)[O-])ccc3Cl)n2)cc1. The molecule has 1 heterocycles. The number of halogens is 1. The van der Waals surface area contributed by atoms with Crippen LogP contribution in [0, 0.1) is 10.1 Å². The van der Waals surface area contributed by atoms with E-state index in [-0.39, 0.29) is 28.8 Å². The molecular weight excluding hydrogens is 388 g/mol. The molecule has 0 unspecified atom stereocenters. The number of carbonyl (C=O) groups is 1. The van der Waals surface area contributed by atoms with Crippen molar-refractivity contribution in [2.45, 2.75) is 6.73 Å². The van der Waals surface area contributed by atoms with Crippen LogP contribution in [0.25, 0.3) is 0 Å². The maximum absolute atomic E-state index is 12.3. The van der Waals surface area contributed by atoms with E-state index in [0.717, 1.165) is 0 Å². The number of methoxy groups -OCH3 is 1. The Morgan fingerprint density at radius 1 is 1.21 bits per heavy atom. The number of rotatable bonds is 7. The number of nitro benzene ring substituents is 1. The van der Waals surface area contributed by atoms with Gasteiger partial charge in [0.25, 0.3) is 11.6 Å². The Morgan fingerprint density at radius 2 is 1.93 bits per heavy atom. The molecule has 0 spiro atoms. The van der Waals surface area contributed by atoms with E-state index in [1.54, 1.807) is 37.6 Å². The van der Waals surface area contributed by atoms with Crippen molar-refractivity contribution in [1.29, 1.82) is 0 Å². The molecule has 0 aliphatic heterocycles. The highest BCUT2D eigenvalue weighted by molar-refractivity contribution is 6.34. The molecule has 144 valence electrons. The van der Waals surface area contributed by atoms with Crippen molar-refractivity contribution >= 4 is 28.9 Å².